The molecule has 0 spiro atoms. The average Bonchev–Trinajstić information content (AvgIpc) is 2.49. The zero-order valence-electron chi connectivity index (χ0n) is 14.1. The van der Waals surface area contributed by atoms with Gasteiger partial charge in [0.2, 0.25) is 0 Å². The van der Waals surface area contributed by atoms with Gasteiger partial charge >= 0.3 is 16.8 Å². The molecule has 0 aliphatic heterocycles. The van der Waals surface area contributed by atoms with Gasteiger partial charge in [0, 0.05) is 47.2 Å². The van der Waals surface area contributed by atoms with Crippen molar-refractivity contribution in [1.29, 1.82) is 0 Å². The Kier molecular flexibility index (Phi) is 12.3. The average molecular weight is 359 g/mol. The van der Waals surface area contributed by atoms with Crippen LogP contribution in [0.1, 0.15) is 27.2 Å². The van der Waals surface area contributed by atoms with Gasteiger partial charge in [-0.15, -0.1) is 0 Å². The van der Waals surface area contributed by atoms with Crippen LogP contribution in [0.2, 0.25) is 6.04 Å². The Morgan fingerprint density at radius 2 is 1.19 bits per heavy atom. The Balaban J connectivity index is 4.41. The second-order valence-electron chi connectivity index (χ2n) is 4.05. The molecule has 0 atom stereocenters. The minimum absolute atomic E-state index is 0.589. The van der Waals surface area contributed by atoms with E-state index in [0.717, 1.165) is 18.2 Å². The van der Waals surface area contributed by atoms with Gasteiger partial charge < -0.3 is 26.6 Å². The summed E-state index contributed by atoms with van der Waals surface area (Å²) in [6, 6.07) is 0.762. The molecule has 0 aromatic rings. The Morgan fingerprint density at radius 1 is 0.762 bits per heavy atom. The molecular weight excluding hydrogens is 328 g/mol. The lowest BCUT2D eigenvalue weighted by Gasteiger charge is -2.28. The predicted octanol–water partition coefficient (Wildman–Crippen LogP) is 2.53. The van der Waals surface area contributed by atoms with Crippen molar-refractivity contribution >= 4 is 28.0 Å². The van der Waals surface area contributed by atoms with Gasteiger partial charge in [0.15, 0.2) is 0 Å². The van der Waals surface area contributed by atoms with Gasteiger partial charge in [-0.3, -0.25) is 0 Å². The molecule has 0 heterocycles. The maximum absolute atomic E-state index is 5.80. The van der Waals surface area contributed by atoms with E-state index in [1.165, 1.54) is 0 Å². The van der Waals surface area contributed by atoms with Crippen molar-refractivity contribution in [3.63, 3.8) is 0 Å². The van der Waals surface area contributed by atoms with Gasteiger partial charge in [-0.25, -0.2) is 0 Å². The monoisotopic (exact) mass is 358 g/mol. The van der Waals surface area contributed by atoms with Crippen molar-refractivity contribution in [1.82, 2.24) is 0 Å². The van der Waals surface area contributed by atoms with Crippen LogP contribution in [0.3, 0.4) is 0 Å². The Labute approximate surface area is 135 Å². The van der Waals surface area contributed by atoms with Crippen molar-refractivity contribution < 1.29 is 26.6 Å². The molecule has 0 aromatic carbocycles. The van der Waals surface area contributed by atoms with Crippen molar-refractivity contribution in [3.8, 4) is 0 Å². The first-order chi connectivity index (χ1) is 10.1. The molecule has 0 saturated carbocycles. The molecule has 9 heteroatoms. The molecule has 0 aromatic heterocycles. The third-order valence-electron chi connectivity index (χ3n) is 2.80. The molecule has 6 nitrogen and oxygen atoms in total. The fraction of sp³-hybridized carbons (Fsp3) is 1.00. The van der Waals surface area contributed by atoms with E-state index in [0.29, 0.717) is 19.8 Å². The summed E-state index contributed by atoms with van der Waals surface area (Å²) in [7, 11) is -0.210. The van der Waals surface area contributed by atoms with Crippen LogP contribution in [0.25, 0.3) is 0 Å². The first kappa shape index (κ1) is 21.5. The standard InChI is InChI=1S/C12H30O6SSi2/c1-7-16-21(17-8-2,18-9-3)19-11-10-12-20(13-4,14-5)15-6/h7-12H2,1-6H3. The normalized spacial score (nSPS) is 12.9. The van der Waals surface area contributed by atoms with Crippen LogP contribution in [0.5, 0.6) is 0 Å². The lowest BCUT2D eigenvalue weighted by atomic mass is 10.6. The van der Waals surface area contributed by atoms with Crippen molar-refractivity contribution in [2.75, 3.05) is 46.9 Å². The van der Waals surface area contributed by atoms with Gasteiger partial charge in [-0.05, 0) is 32.9 Å². The molecule has 0 fully saturated rings. The fourth-order valence-corrected chi connectivity index (χ4v) is 8.89. The topological polar surface area (TPSA) is 55.4 Å². The van der Waals surface area contributed by atoms with E-state index in [9.17, 15) is 0 Å². The van der Waals surface area contributed by atoms with Crippen LogP contribution in [0, 0.1) is 0 Å². The Hall–Kier alpha value is 0.544. The highest BCUT2D eigenvalue weighted by atomic mass is 32.4. The predicted molar refractivity (Wildman–Crippen MR) is 89.3 cm³/mol. The highest BCUT2D eigenvalue weighted by Gasteiger charge is 2.43. The van der Waals surface area contributed by atoms with E-state index in [-0.39, 0.29) is 0 Å². The molecule has 0 aliphatic rings. The van der Waals surface area contributed by atoms with Gasteiger partial charge in [0.05, 0.1) is 0 Å². The van der Waals surface area contributed by atoms with Gasteiger partial charge in [0.1, 0.15) is 0 Å². The number of hydrogen-bond acceptors (Lipinski definition) is 7. The first-order valence-corrected chi connectivity index (χ1v) is 12.7. The molecule has 128 valence electrons. The summed E-state index contributed by atoms with van der Waals surface area (Å²) in [4.78, 5) is 0. The maximum Gasteiger partial charge on any atom is 0.573 e. The smallest absolute Gasteiger partial charge is 0.377 e. The number of hydrogen-bond donors (Lipinski definition) is 0. The van der Waals surface area contributed by atoms with E-state index < -0.39 is 16.8 Å². The maximum atomic E-state index is 5.80. The fourth-order valence-electron chi connectivity index (χ4n) is 1.82. The molecule has 0 unspecified atom stereocenters. The number of rotatable bonds is 14. The van der Waals surface area contributed by atoms with Crippen LogP contribution in [0.15, 0.2) is 0 Å². The Morgan fingerprint density at radius 3 is 1.52 bits per heavy atom. The summed E-state index contributed by atoms with van der Waals surface area (Å²) >= 11 is 1.64. The molecule has 0 radical (unpaired) electrons. The van der Waals surface area contributed by atoms with Crippen LogP contribution in [-0.2, 0) is 26.6 Å². The molecule has 21 heavy (non-hydrogen) atoms. The van der Waals surface area contributed by atoms with Gasteiger partial charge in [-0.2, -0.15) is 0 Å². The van der Waals surface area contributed by atoms with E-state index in [1.807, 2.05) is 20.8 Å². The third-order valence-corrected chi connectivity index (χ3v) is 11.1. The van der Waals surface area contributed by atoms with E-state index in [1.54, 1.807) is 32.5 Å². The van der Waals surface area contributed by atoms with Crippen molar-refractivity contribution in [2.24, 2.45) is 0 Å². The minimum atomic E-state index is -2.61. The highest BCUT2D eigenvalue weighted by molar-refractivity contribution is 8.26. The quantitative estimate of drug-likeness (QED) is 0.349. The lowest BCUT2D eigenvalue weighted by Crippen LogP contribution is -2.44. The van der Waals surface area contributed by atoms with Crippen molar-refractivity contribution in [3.05, 3.63) is 0 Å². The molecular formula is C12H30O6SSi2. The zero-order chi connectivity index (χ0) is 16.2. The highest BCUT2D eigenvalue weighted by Crippen LogP contribution is 2.27. The first-order valence-electron chi connectivity index (χ1n) is 7.28. The second kappa shape index (κ2) is 12.0. The molecule has 0 bridgehead atoms. The van der Waals surface area contributed by atoms with Gasteiger partial charge in [0.25, 0.3) is 0 Å². The van der Waals surface area contributed by atoms with E-state index in [2.05, 4.69) is 0 Å². The summed E-state index contributed by atoms with van der Waals surface area (Å²) in [6.45, 7) is 7.64. The van der Waals surface area contributed by atoms with Crippen LogP contribution in [-0.4, -0.2) is 63.7 Å². The summed E-state index contributed by atoms with van der Waals surface area (Å²) in [5.41, 5.74) is 0. The molecule has 0 saturated heterocycles. The molecule has 0 aliphatic carbocycles. The SMILES string of the molecule is CCO[Si](OCC)(OCC)SCCC[Si](OC)(OC)OC. The zero-order valence-corrected chi connectivity index (χ0v) is 16.9. The minimum Gasteiger partial charge on any atom is -0.377 e. The summed E-state index contributed by atoms with van der Waals surface area (Å²) in [5.74, 6) is 0.858. The molecule has 0 rings (SSSR count). The van der Waals surface area contributed by atoms with E-state index in [4.69, 9.17) is 26.6 Å². The van der Waals surface area contributed by atoms with Crippen LogP contribution >= 0.6 is 11.2 Å². The summed E-state index contributed by atoms with van der Waals surface area (Å²) in [6.07, 6.45) is 0.897. The van der Waals surface area contributed by atoms with Crippen LogP contribution in [0.4, 0.5) is 0 Å². The lowest BCUT2D eigenvalue weighted by molar-refractivity contribution is 0.0965. The molecule has 0 amide bonds. The largest absolute Gasteiger partial charge is 0.573 e. The third kappa shape index (κ3) is 7.57. The molecule has 0 N–H and O–H groups in total. The van der Waals surface area contributed by atoms with Crippen molar-refractivity contribution in [2.45, 2.75) is 33.2 Å². The summed E-state index contributed by atoms with van der Waals surface area (Å²) < 4.78 is 33.6. The van der Waals surface area contributed by atoms with E-state index >= 15 is 0 Å². The van der Waals surface area contributed by atoms with Gasteiger partial charge in [-0.1, -0.05) is 11.2 Å². The Bertz CT molecular complexity index is 231. The van der Waals surface area contributed by atoms with Crippen LogP contribution < -0.4 is 0 Å². The second-order valence-corrected chi connectivity index (χ2v) is 12.1. The summed E-state index contributed by atoms with van der Waals surface area (Å²) in [5, 5.41) is 0.